The zero-order valence-electron chi connectivity index (χ0n) is 8.71. The van der Waals surface area contributed by atoms with Crippen LogP contribution in [0.3, 0.4) is 0 Å². The molecule has 86 valence electrons. The van der Waals surface area contributed by atoms with E-state index in [1.165, 1.54) is 6.21 Å². The third kappa shape index (κ3) is 3.25. The van der Waals surface area contributed by atoms with Crippen LogP contribution in [0, 0.1) is 0 Å². The fraction of sp³-hybridized carbons (Fsp3) is 0. The minimum atomic E-state index is 0.176. The quantitative estimate of drug-likeness (QED) is 0.673. The largest absolute Gasteiger partial charge is 0.507 e. The van der Waals surface area contributed by atoms with Gasteiger partial charge in [0.1, 0.15) is 5.75 Å². The summed E-state index contributed by atoms with van der Waals surface area (Å²) in [5, 5.41) is 13.4. The van der Waals surface area contributed by atoms with Crippen molar-refractivity contribution in [2.24, 2.45) is 5.10 Å². The molecule has 0 aliphatic rings. The van der Waals surface area contributed by atoms with Gasteiger partial charge in [-0.25, -0.2) is 15.4 Å². The molecule has 0 spiro atoms. The third-order valence-electron chi connectivity index (χ3n) is 1.93. The minimum Gasteiger partial charge on any atom is -0.507 e. The van der Waals surface area contributed by atoms with Gasteiger partial charge in [-0.1, -0.05) is 12.1 Å². The molecule has 0 saturated heterocycles. The van der Waals surface area contributed by atoms with E-state index in [1.807, 2.05) is 6.07 Å². The Kier molecular flexibility index (Phi) is 3.66. The van der Waals surface area contributed by atoms with Crippen molar-refractivity contribution in [1.82, 2.24) is 9.97 Å². The number of halogens is 1. The first kappa shape index (κ1) is 11.5. The van der Waals surface area contributed by atoms with Gasteiger partial charge in [-0.15, -0.1) is 0 Å². The van der Waals surface area contributed by atoms with Crippen LogP contribution in [0.4, 0.5) is 5.95 Å². The summed E-state index contributed by atoms with van der Waals surface area (Å²) in [6, 6.07) is 6.91. The molecule has 1 aromatic heterocycles. The number of benzene rings is 1. The van der Waals surface area contributed by atoms with Gasteiger partial charge in [0, 0.05) is 18.0 Å². The normalized spacial score (nSPS) is 10.6. The van der Waals surface area contributed by atoms with Crippen molar-refractivity contribution in [3.8, 4) is 5.75 Å². The van der Waals surface area contributed by atoms with E-state index in [4.69, 9.17) is 0 Å². The van der Waals surface area contributed by atoms with Crippen LogP contribution in [0.25, 0.3) is 0 Å². The van der Waals surface area contributed by atoms with Crippen LogP contribution in [-0.4, -0.2) is 21.3 Å². The Morgan fingerprint density at radius 2 is 1.94 bits per heavy atom. The highest BCUT2D eigenvalue weighted by molar-refractivity contribution is 9.10. The first-order valence-electron chi connectivity index (χ1n) is 4.80. The van der Waals surface area contributed by atoms with Gasteiger partial charge in [-0.05, 0) is 28.1 Å². The summed E-state index contributed by atoms with van der Waals surface area (Å²) < 4.78 is 0.799. The monoisotopic (exact) mass is 292 g/mol. The molecule has 2 rings (SSSR count). The summed E-state index contributed by atoms with van der Waals surface area (Å²) in [7, 11) is 0. The average Bonchev–Trinajstić information content (AvgIpc) is 2.34. The molecule has 6 heteroatoms. The Morgan fingerprint density at radius 3 is 2.65 bits per heavy atom. The molecule has 1 aromatic carbocycles. The van der Waals surface area contributed by atoms with Gasteiger partial charge >= 0.3 is 0 Å². The highest BCUT2D eigenvalue weighted by atomic mass is 79.9. The molecule has 1 heterocycles. The van der Waals surface area contributed by atoms with Crippen molar-refractivity contribution >= 4 is 28.1 Å². The Bertz CT molecular complexity index is 527. The first-order valence-corrected chi connectivity index (χ1v) is 5.59. The number of anilines is 1. The number of nitrogens with one attached hydrogen (secondary N) is 1. The lowest BCUT2D eigenvalue weighted by molar-refractivity contribution is 0.474. The summed E-state index contributed by atoms with van der Waals surface area (Å²) >= 11 is 3.24. The molecule has 0 aliphatic heterocycles. The van der Waals surface area contributed by atoms with Crippen LogP contribution in [-0.2, 0) is 0 Å². The van der Waals surface area contributed by atoms with Gasteiger partial charge in [0.15, 0.2) is 0 Å². The highest BCUT2D eigenvalue weighted by Gasteiger charge is 1.95. The van der Waals surface area contributed by atoms with Crippen LogP contribution >= 0.6 is 15.9 Å². The molecule has 0 bridgehead atoms. The van der Waals surface area contributed by atoms with Crippen LogP contribution in [0.2, 0.25) is 0 Å². The Labute approximate surface area is 106 Å². The number of para-hydroxylation sites is 1. The van der Waals surface area contributed by atoms with Crippen molar-refractivity contribution in [1.29, 1.82) is 0 Å². The molecule has 0 atom stereocenters. The lowest BCUT2D eigenvalue weighted by Gasteiger charge is -1.98. The molecular formula is C11H9BrN4O. The summed E-state index contributed by atoms with van der Waals surface area (Å²) in [5.41, 5.74) is 3.29. The van der Waals surface area contributed by atoms with Gasteiger partial charge in [0.05, 0.1) is 10.7 Å². The fourth-order valence-corrected chi connectivity index (χ4v) is 1.33. The number of phenols is 1. The van der Waals surface area contributed by atoms with E-state index >= 15 is 0 Å². The zero-order valence-corrected chi connectivity index (χ0v) is 10.3. The highest BCUT2D eigenvalue weighted by Crippen LogP contribution is 2.12. The second-order valence-corrected chi connectivity index (χ2v) is 4.07. The smallest absolute Gasteiger partial charge is 0.243 e. The maximum atomic E-state index is 9.49. The predicted octanol–water partition coefficient (Wildman–Crippen LogP) is 2.39. The molecule has 5 nitrogen and oxygen atoms in total. The third-order valence-corrected chi connectivity index (χ3v) is 2.33. The number of phenolic OH excluding ortho intramolecular Hbond substituents is 1. The molecule has 0 amide bonds. The number of nitrogens with zero attached hydrogens (tertiary/aromatic N) is 3. The molecule has 0 radical (unpaired) electrons. The lowest BCUT2D eigenvalue weighted by atomic mass is 10.2. The van der Waals surface area contributed by atoms with Gasteiger partial charge in [-0.3, -0.25) is 0 Å². The summed E-state index contributed by atoms with van der Waals surface area (Å²) in [6.45, 7) is 0. The predicted molar refractivity (Wildman–Crippen MR) is 69.1 cm³/mol. The number of hydrazone groups is 1. The Morgan fingerprint density at radius 1 is 1.24 bits per heavy atom. The molecule has 17 heavy (non-hydrogen) atoms. The number of hydrogen-bond donors (Lipinski definition) is 2. The van der Waals surface area contributed by atoms with Crippen LogP contribution in [0.1, 0.15) is 5.56 Å². The second kappa shape index (κ2) is 5.40. The van der Waals surface area contributed by atoms with E-state index < -0.39 is 0 Å². The van der Waals surface area contributed by atoms with Gasteiger partial charge in [0.25, 0.3) is 0 Å². The van der Waals surface area contributed by atoms with Crippen molar-refractivity contribution < 1.29 is 5.11 Å². The molecule has 0 aliphatic carbocycles. The maximum absolute atomic E-state index is 9.49. The number of aromatic nitrogens is 2. The van der Waals surface area contributed by atoms with E-state index in [9.17, 15) is 5.11 Å². The van der Waals surface area contributed by atoms with E-state index in [0.29, 0.717) is 11.5 Å². The summed E-state index contributed by atoms with van der Waals surface area (Å²) in [5.74, 6) is 0.564. The number of aromatic hydroxyl groups is 1. The first-order chi connectivity index (χ1) is 8.25. The summed E-state index contributed by atoms with van der Waals surface area (Å²) in [4.78, 5) is 7.97. The van der Waals surface area contributed by atoms with Crippen LogP contribution in [0.15, 0.2) is 46.2 Å². The molecule has 0 unspecified atom stereocenters. The standard InChI is InChI=1S/C11H9BrN4O/c12-9-6-13-11(14-7-9)16-15-5-8-3-1-2-4-10(8)17/h1-7,17H,(H,13,14,16)/b15-5-. The average molecular weight is 293 g/mol. The summed E-state index contributed by atoms with van der Waals surface area (Å²) in [6.07, 6.45) is 4.73. The second-order valence-electron chi connectivity index (χ2n) is 3.15. The van der Waals surface area contributed by atoms with Gasteiger partial charge < -0.3 is 5.11 Å². The lowest BCUT2D eigenvalue weighted by Crippen LogP contribution is -1.95. The fourth-order valence-electron chi connectivity index (χ4n) is 1.13. The van der Waals surface area contributed by atoms with E-state index in [2.05, 4.69) is 36.4 Å². The molecule has 2 aromatic rings. The molecular weight excluding hydrogens is 284 g/mol. The molecule has 0 saturated carbocycles. The molecule has 0 fully saturated rings. The van der Waals surface area contributed by atoms with Gasteiger partial charge in [0.2, 0.25) is 5.95 Å². The van der Waals surface area contributed by atoms with Crippen molar-refractivity contribution in [2.75, 3.05) is 5.43 Å². The SMILES string of the molecule is Oc1ccccc1/C=N\Nc1ncc(Br)cn1. The molecule has 2 N–H and O–H groups in total. The van der Waals surface area contributed by atoms with E-state index in [-0.39, 0.29) is 5.75 Å². The van der Waals surface area contributed by atoms with E-state index in [1.54, 1.807) is 30.6 Å². The van der Waals surface area contributed by atoms with Crippen molar-refractivity contribution in [3.63, 3.8) is 0 Å². The topological polar surface area (TPSA) is 70.4 Å². The van der Waals surface area contributed by atoms with Crippen LogP contribution in [0.5, 0.6) is 5.75 Å². The van der Waals surface area contributed by atoms with Gasteiger partial charge in [-0.2, -0.15) is 5.10 Å². The minimum absolute atomic E-state index is 0.176. The Hall–Kier alpha value is -1.95. The zero-order chi connectivity index (χ0) is 12.1. The van der Waals surface area contributed by atoms with E-state index in [0.717, 1.165) is 4.47 Å². The van der Waals surface area contributed by atoms with Crippen molar-refractivity contribution in [3.05, 3.63) is 46.7 Å². The Balaban J connectivity index is 2.03. The number of rotatable bonds is 3. The number of hydrogen-bond acceptors (Lipinski definition) is 5. The maximum Gasteiger partial charge on any atom is 0.243 e. The van der Waals surface area contributed by atoms with Crippen LogP contribution < -0.4 is 5.43 Å². The van der Waals surface area contributed by atoms with Crippen molar-refractivity contribution in [2.45, 2.75) is 0 Å².